The van der Waals surface area contributed by atoms with Crippen molar-refractivity contribution in [3.63, 3.8) is 0 Å². The number of hydrogen-bond acceptors (Lipinski definition) is 9. The highest BCUT2D eigenvalue weighted by Crippen LogP contribution is 2.31. The van der Waals surface area contributed by atoms with E-state index in [0.29, 0.717) is 30.5 Å². The summed E-state index contributed by atoms with van der Waals surface area (Å²) >= 11 is 0. The summed E-state index contributed by atoms with van der Waals surface area (Å²) in [7, 11) is 0. The molecule has 1 aliphatic rings. The third-order valence-electron chi connectivity index (χ3n) is 5.07. The van der Waals surface area contributed by atoms with E-state index in [9.17, 15) is 4.79 Å². The molecule has 1 aliphatic heterocycles. The lowest BCUT2D eigenvalue weighted by atomic mass is 10.1. The van der Waals surface area contributed by atoms with Crippen molar-refractivity contribution in [3.05, 3.63) is 48.9 Å². The number of nitrogens with zero attached hydrogens (tertiary/aromatic N) is 6. The van der Waals surface area contributed by atoms with Crippen molar-refractivity contribution in [1.82, 2.24) is 39.9 Å². The summed E-state index contributed by atoms with van der Waals surface area (Å²) in [4.78, 5) is 29.0. The van der Waals surface area contributed by atoms with E-state index in [1.54, 1.807) is 18.6 Å². The predicted octanol–water partition coefficient (Wildman–Crippen LogP) is 2.62. The Kier molecular flexibility index (Phi) is 5.57. The molecule has 0 saturated carbocycles. The maximum absolute atomic E-state index is 11.8. The van der Waals surface area contributed by atoms with E-state index in [-0.39, 0.29) is 18.2 Å². The van der Waals surface area contributed by atoms with Crippen LogP contribution in [-0.4, -0.2) is 59.4 Å². The van der Waals surface area contributed by atoms with Crippen molar-refractivity contribution < 1.29 is 14.3 Å². The van der Waals surface area contributed by atoms with Crippen LogP contribution in [0.25, 0.3) is 16.9 Å². The van der Waals surface area contributed by atoms with Crippen LogP contribution in [0.4, 0.5) is 16.6 Å². The smallest absolute Gasteiger partial charge is 0.407 e. The van der Waals surface area contributed by atoms with Gasteiger partial charge < -0.3 is 20.1 Å². The number of alkyl carbamates (subject to hydrolysis) is 1. The predicted molar refractivity (Wildman–Crippen MR) is 118 cm³/mol. The Morgan fingerprint density at radius 3 is 2.97 bits per heavy atom. The minimum absolute atomic E-state index is 0.0142. The van der Waals surface area contributed by atoms with Gasteiger partial charge in [-0.2, -0.15) is 5.10 Å². The molecule has 2 atom stereocenters. The normalized spacial score (nSPS) is 18.0. The van der Waals surface area contributed by atoms with E-state index in [0.717, 1.165) is 16.9 Å². The average Bonchev–Trinajstić information content (AvgIpc) is 3.54. The van der Waals surface area contributed by atoms with Crippen LogP contribution in [0.1, 0.15) is 32.1 Å². The molecule has 0 bridgehead atoms. The molecular weight excluding hydrogens is 426 g/mol. The van der Waals surface area contributed by atoms with Gasteiger partial charge in [0, 0.05) is 54.9 Å². The fraction of sp³-hybridized carbons (Fsp3) is 0.333. The van der Waals surface area contributed by atoms with E-state index in [4.69, 9.17) is 14.5 Å². The zero-order chi connectivity index (χ0) is 22.8. The molecule has 1 fully saturated rings. The molecule has 33 heavy (non-hydrogen) atoms. The molecule has 5 heterocycles. The van der Waals surface area contributed by atoms with E-state index in [2.05, 4.69) is 35.8 Å². The highest BCUT2D eigenvalue weighted by molar-refractivity contribution is 5.68. The first kappa shape index (κ1) is 20.8. The van der Waals surface area contributed by atoms with Crippen molar-refractivity contribution in [2.75, 3.05) is 11.9 Å². The van der Waals surface area contributed by atoms with Gasteiger partial charge in [-0.3, -0.25) is 9.50 Å². The number of ether oxygens (including phenoxy) is 2. The molecule has 3 N–H and O–H groups in total. The van der Waals surface area contributed by atoms with E-state index in [1.807, 2.05) is 36.6 Å². The number of imidazole rings is 1. The van der Waals surface area contributed by atoms with Crippen molar-refractivity contribution >= 4 is 23.5 Å². The number of H-pyrrole nitrogens is 1. The number of aromatic amines is 1. The van der Waals surface area contributed by atoms with Gasteiger partial charge in [-0.25, -0.2) is 24.7 Å². The number of amides is 1. The lowest BCUT2D eigenvalue weighted by Crippen LogP contribution is -2.33. The molecule has 4 aromatic heterocycles. The lowest BCUT2D eigenvalue weighted by molar-refractivity contribution is 0.0682. The summed E-state index contributed by atoms with van der Waals surface area (Å²) in [5, 5.41) is 13.3. The van der Waals surface area contributed by atoms with E-state index in [1.165, 1.54) is 6.33 Å². The topological polar surface area (TPSA) is 144 Å². The first-order valence-corrected chi connectivity index (χ1v) is 10.6. The zero-order valence-electron chi connectivity index (χ0n) is 18.1. The van der Waals surface area contributed by atoms with Crippen LogP contribution in [0.2, 0.25) is 0 Å². The summed E-state index contributed by atoms with van der Waals surface area (Å²) in [5.74, 6) is 1.11. The monoisotopic (exact) mass is 449 g/mol. The molecule has 0 unspecified atom stereocenters. The van der Waals surface area contributed by atoms with Gasteiger partial charge in [-0.05, 0) is 13.8 Å². The van der Waals surface area contributed by atoms with Crippen molar-refractivity contribution in [2.45, 2.75) is 38.5 Å². The second kappa shape index (κ2) is 8.82. The van der Waals surface area contributed by atoms with E-state index >= 15 is 0 Å². The maximum atomic E-state index is 11.8. The lowest BCUT2D eigenvalue weighted by Gasteiger charge is -2.13. The Balaban J connectivity index is 1.31. The van der Waals surface area contributed by atoms with Crippen LogP contribution in [0.3, 0.4) is 0 Å². The van der Waals surface area contributed by atoms with Crippen molar-refractivity contribution in [3.8, 4) is 11.3 Å². The quantitative estimate of drug-likeness (QED) is 0.404. The second-order valence-corrected chi connectivity index (χ2v) is 7.97. The highest BCUT2D eigenvalue weighted by atomic mass is 16.6. The Labute approximate surface area is 188 Å². The molecule has 170 valence electrons. The third-order valence-corrected chi connectivity index (χ3v) is 5.07. The van der Waals surface area contributed by atoms with Gasteiger partial charge >= 0.3 is 6.09 Å². The number of carbonyl (C=O) groups is 1. The molecule has 1 amide bonds. The molecular formula is C21H23N9O3. The molecule has 0 radical (unpaired) electrons. The summed E-state index contributed by atoms with van der Waals surface area (Å²) in [6, 6.07) is 3.73. The molecule has 5 rings (SSSR count). The molecule has 12 nitrogen and oxygen atoms in total. The number of carbonyl (C=O) groups excluding carboxylic acids is 1. The van der Waals surface area contributed by atoms with Crippen molar-refractivity contribution in [2.24, 2.45) is 0 Å². The number of rotatable bonds is 6. The second-order valence-electron chi connectivity index (χ2n) is 7.97. The number of hydrogen-bond donors (Lipinski definition) is 3. The largest absolute Gasteiger partial charge is 0.444 e. The first-order valence-electron chi connectivity index (χ1n) is 10.6. The minimum Gasteiger partial charge on any atom is -0.444 e. The summed E-state index contributed by atoms with van der Waals surface area (Å²) in [6.07, 6.45) is 7.92. The Morgan fingerprint density at radius 2 is 2.15 bits per heavy atom. The van der Waals surface area contributed by atoms with Crippen LogP contribution < -0.4 is 10.6 Å². The fourth-order valence-electron chi connectivity index (χ4n) is 3.59. The molecule has 1 saturated heterocycles. The summed E-state index contributed by atoms with van der Waals surface area (Å²) < 4.78 is 13.0. The standard InChI is InChI=1S/C21H23N9O3/c1-12(2)25-21(31)33-14-5-17(32-10-14)16-6-18(29-28-16)27-20-26-15(13-8-22-11-23-9-13)7-19-24-3-4-30(19)20/h3-4,6-9,11-12,14,17H,5,10H2,1-2H3,(H,25,31)(H2,26,27,28,29)/t14-,17-/m0/s1. The van der Waals surface area contributed by atoms with Gasteiger partial charge in [0.2, 0.25) is 5.95 Å². The first-order chi connectivity index (χ1) is 16.0. The van der Waals surface area contributed by atoms with Gasteiger partial charge in [0.25, 0.3) is 0 Å². The van der Waals surface area contributed by atoms with Gasteiger partial charge in [0.15, 0.2) is 5.82 Å². The van der Waals surface area contributed by atoms with Crippen LogP contribution in [0.5, 0.6) is 0 Å². The Morgan fingerprint density at radius 1 is 1.30 bits per heavy atom. The average molecular weight is 449 g/mol. The maximum Gasteiger partial charge on any atom is 0.407 e. The number of fused-ring (bicyclic) bond motifs is 1. The van der Waals surface area contributed by atoms with Crippen LogP contribution >= 0.6 is 0 Å². The molecule has 0 spiro atoms. The summed E-state index contributed by atoms with van der Waals surface area (Å²) in [5.41, 5.74) is 2.97. The highest BCUT2D eigenvalue weighted by Gasteiger charge is 2.31. The fourth-order valence-corrected chi connectivity index (χ4v) is 3.59. The van der Waals surface area contributed by atoms with Gasteiger partial charge in [-0.15, -0.1) is 0 Å². The van der Waals surface area contributed by atoms with Crippen LogP contribution in [0, 0.1) is 0 Å². The summed E-state index contributed by atoms with van der Waals surface area (Å²) in [6.45, 7) is 4.09. The number of nitrogens with one attached hydrogen (secondary N) is 3. The molecule has 0 aliphatic carbocycles. The van der Waals surface area contributed by atoms with Crippen LogP contribution in [0.15, 0.2) is 43.2 Å². The van der Waals surface area contributed by atoms with Crippen molar-refractivity contribution in [1.29, 1.82) is 0 Å². The minimum atomic E-state index is -0.440. The zero-order valence-corrected chi connectivity index (χ0v) is 18.1. The number of aromatic nitrogens is 7. The molecule has 12 heteroatoms. The Hall–Kier alpha value is -4.06. The van der Waals surface area contributed by atoms with Gasteiger partial charge in [0.1, 0.15) is 24.2 Å². The van der Waals surface area contributed by atoms with Crippen LogP contribution in [-0.2, 0) is 9.47 Å². The third kappa shape index (κ3) is 4.60. The van der Waals surface area contributed by atoms with Gasteiger partial charge in [-0.1, -0.05) is 0 Å². The number of anilines is 2. The molecule has 0 aromatic carbocycles. The van der Waals surface area contributed by atoms with Gasteiger partial charge in [0.05, 0.1) is 18.0 Å². The Bertz CT molecular complexity index is 1250. The van der Waals surface area contributed by atoms with E-state index < -0.39 is 6.09 Å². The molecule has 4 aromatic rings. The SMILES string of the molecule is CC(C)NC(=O)O[C@@H]1CO[C@H](c2cc(Nc3nc(-c4cncnc4)cc4nccn34)n[nH]2)C1.